The van der Waals surface area contributed by atoms with Gasteiger partial charge in [0.25, 0.3) is 0 Å². The van der Waals surface area contributed by atoms with Gasteiger partial charge >= 0.3 is 0 Å². The largest absolute Gasteiger partial charge is 0.313 e. The minimum absolute atomic E-state index is 0.0289. The molecule has 0 saturated carbocycles. The average Bonchev–Trinajstić information content (AvgIpc) is 2.56. The highest BCUT2D eigenvalue weighted by atomic mass is 16.2. The molecule has 0 aliphatic carbocycles. The molecule has 1 aliphatic rings. The molecule has 1 aromatic rings. The highest BCUT2D eigenvalue weighted by Crippen LogP contribution is 2.19. The van der Waals surface area contributed by atoms with Crippen LogP contribution in [-0.2, 0) is 4.79 Å². The molecule has 1 amide bonds. The zero-order valence-corrected chi connectivity index (χ0v) is 11.4. The van der Waals surface area contributed by atoms with Gasteiger partial charge in [0.2, 0.25) is 5.91 Å². The lowest BCUT2D eigenvalue weighted by Crippen LogP contribution is -2.27. The van der Waals surface area contributed by atoms with E-state index < -0.39 is 0 Å². The monoisotopic (exact) mass is 234 g/mol. The Balaban J connectivity index is 0.000000581. The predicted octanol–water partition coefficient (Wildman–Crippen LogP) is 3.13. The fourth-order valence-corrected chi connectivity index (χ4v) is 1.36. The molecule has 0 fully saturated rings. The third kappa shape index (κ3) is 4.02. The Hall–Kier alpha value is -1.64. The van der Waals surface area contributed by atoms with Crippen LogP contribution in [0, 0.1) is 0 Å². The van der Waals surface area contributed by atoms with E-state index in [-0.39, 0.29) is 12.5 Å². The highest BCUT2D eigenvalue weighted by molar-refractivity contribution is 6.02. The van der Waals surface area contributed by atoms with Crippen LogP contribution in [0.5, 0.6) is 0 Å². The Labute approximate surface area is 104 Å². The summed E-state index contributed by atoms with van der Waals surface area (Å²) in [5, 5.41) is 0. The van der Waals surface area contributed by atoms with Gasteiger partial charge in [-0.1, -0.05) is 45.9 Å². The minimum atomic E-state index is 0.0289. The summed E-state index contributed by atoms with van der Waals surface area (Å²) in [6.07, 6.45) is 1.75. The van der Waals surface area contributed by atoms with Crippen molar-refractivity contribution in [1.29, 1.82) is 0 Å². The van der Waals surface area contributed by atoms with Crippen LogP contribution in [-0.4, -0.2) is 25.7 Å². The van der Waals surface area contributed by atoms with Gasteiger partial charge in [-0.3, -0.25) is 9.79 Å². The smallest absolute Gasteiger partial charge is 0.248 e. The summed E-state index contributed by atoms with van der Waals surface area (Å²) >= 11 is 0. The first-order chi connectivity index (χ1) is 8.29. The zero-order valence-electron chi connectivity index (χ0n) is 11.4. The topological polar surface area (TPSA) is 32.7 Å². The van der Waals surface area contributed by atoms with Crippen molar-refractivity contribution in [2.45, 2.75) is 27.7 Å². The summed E-state index contributed by atoms with van der Waals surface area (Å²) < 4.78 is 0. The van der Waals surface area contributed by atoms with Crippen LogP contribution in [0.25, 0.3) is 0 Å². The van der Waals surface area contributed by atoms with E-state index in [0.29, 0.717) is 0 Å². The van der Waals surface area contributed by atoms with E-state index in [2.05, 4.69) is 4.99 Å². The van der Waals surface area contributed by atoms with Crippen molar-refractivity contribution in [2.24, 2.45) is 4.99 Å². The van der Waals surface area contributed by atoms with Crippen LogP contribution in [0.15, 0.2) is 29.3 Å². The van der Waals surface area contributed by atoms with Gasteiger partial charge in [0.05, 0.1) is 5.69 Å². The number of rotatable bonds is 0. The van der Waals surface area contributed by atoms with Gasteiger partial charge in [-0.25, -0.2) is 0 Å². The molecule has 1 aliphatic heterocycles. The molecule has 17 heavy (non-hydrogen) atoms. The zero-order chi connectivity index (χ0) is 13.3. The number of nitrogens with zero attached hydrogens (tertiary/aromatic N) is 2. The number of aliphatic imine (C=N–C) groups is 1. The van der Waals surface area contributed by atoms with E-state index in [4.69, 9.17) is 0 Å². The normalized spacial score (nSPS) is 12.5. The minimum Gasteiger partial charge on any atom is -0.313 e. The summed E-state index contributed by atoms with van der Waals surface area (Å²) in [6.45, 7) is 8.24. The molecule has 3 heteroatoms. The number of carbonyl (C=O) groups is 1. The number of amides is 1. The third-order valence-corrected chi connectivity index (χ3v) is 2.13. The maximum absolute atomic E-state index is 11.4. The van der Waals surface area contributed by atoms with Crippen LogP contribution in [0.2, 0.25) is 0 Å². The van der Waals surface area contributed by atoms with E-state index >= 15 is 0 Å². The quantitative estimate of drug-likeness (QED) is 0.678. The lowest BCUT2D eigenvalue weighted by Gasteiger charge is -2.15. The average molecular weight is 234 g/mol. The number of likely N-dealkylation sites (N-methyl/N-ethyl adjacent to an activating group) is 1. The Kier molecular flexibility index (Phi) is 7.68. The molecule has 0 aromatic heterocycles. The van der Waals surface area contributed by atoms with Gasteiger partial charge in [0, 0.05) is 18.8 Å². The Bertz CT molecular complexity index is 372. The number of benzene rings is 1. The van der Waals surface area contributed by atoms with Gasteiger partial charge in [-0.05, 0) is 6.07 Å². The van der Waals surface area contributed by atoms with Crippen molar-refractivity contribution >= 4 is 17.8 Å². The molecule has 0 spiro atoms. The first-order valence-corrected chi connectivity index (χ1v) is 6.14. The van der Waals surface area contributed by atoms with E-state index in [1.54, 1.807) is 18.2 Å². The highest BCUT2D eigenvalue weighted by Gasteiger charge is 2.14. The van der Waals surface area contributed by atoms with Crippen molar-refractivity contribution < 1.29 is 4.79 Å². The first-order valence-electron chi connectivity index (χ1n) is 6.14. The van der Waals surface area contributed by atoms with E-state index in [9.17, 15) is 4.79 Å². The molecule has 0 N–H and O–H groups in total. The van der Waals surface area contributed by atoms with Crippen molar-refractivity contribution in [2.75, 3.05) is 18.5 Å². The molecule has 0 atom stereocenters. The molecule has 1 heterocycles. The van der Waals surface area contributed by atoms with Crippen molar-refractivity contribution in [1.82, 2.24) is 0 Å². The molecule has 0 radical (unpaired) electrons. The summed E-state index contributed by atoms with van der Waals surface area (Å²) in [5.74, 6) is 0.0289. The predicted molar refractivity (Wildman–Crippen MR) is 75.0 cm³/mol. The number of benzodiazepines with no additional fused rings is 1. The van der Waals surface area contributed by atoms with Crippen molar-refractivity contribution in [3.63, 3.8) is 0 Å². The Morgan fingerprint density at radius 3 is 2.35 bits per heavy atom. The fraction of sp³-hybridized carbons (Fsp3) is 0.429. The lowest BCUT2D eigenvalue weighted by atomic mass is 10.2. The van der Waals surface area contributed by atoms with Crippen LogP contribution < -0.4 is 4.90 Å². The maximum atomic E-state index is 11.4. The summed E-state index contributed by atoms with van der Waals surface area (Å²) in [7, 11) is 1.77. The molecule has 0 saturated heterocycles. The summed E-state index contributed by atoms with van der Waals surface area (Å²) in [5.41, 5.74) is 1.92. The molecule has 2 rings (SSSR count). The van der Waals surface area contributed by atoms with Crippen molar-refractivity contribution in [3.8, 4) is 0 Å². The van der Waals surface area contributed by atoms with E-state index in [1.165, 1.54) is 0 Å². The van der Waals surface area contributed by atoms with Gasteiger partial charge in [-0.2, -0.15) is 0 Å². The van der Waals surface area contributed by atoms with Gasteiger partial charge < -0.3 is 4.90 Å². The number of anilines is 1. The summed E-state index contributed by atoms with van der Waals surface area (Å²) in [6, 6.07) is 7.73. The lowest BCUT2D eigenvalue weighted by molar-refractivity contribution is -0.116. The standard InChI is InChI=1S/C10H10N2O.2C2H6/c1-12-9-5-3-2-4-8(9)6-11-7-10(12)13;2*1-2/h2-6H,7H2,1H3;2*1-2H3. The second-order valence-electron chi connectivity index (χ2n) is 2.98. The Morgan fingerprint density at radius 2 is 1.71 bits per heavy atom. The van der Waals surface area contributed by atoms with Crippen LogP contribution in [0.1, 0.15) is 33.3 Å². The van der Waals surface area contributed by atoms with E-state index in [0.717, 1.165) is 11.3 Å². The number of hydrogen-bond acceptors (Lipinski definition) is 2. The van der Waals surface area contributed by atoms with Crippen LogP contribution in [0.4, 0.5) is 5.69 Å². The third-order valence-electron chi connectivity index (χ3n) is 2.13. The van der Waals surface area contributed by atoms with Gasteiger partial charge in [0.1, 0.15) is 6.54 Å². The van der Waals surface area contributed by atoms with Gasteiger partial charge in [-0.15, -0.1) is 0 Å². The Morgan fingerprint density at radius 1 is 1.12 bits per heavy atom. The molecule has 3 nitrogen and oxygen atoms in total. The van der Waals surface area contributed by atoms with E-state index in [1.807, 2.05) is 52.0 Å². The number of hydrogen-bond donors (Lipinski definition) is 0. The number of fused-ring (bicyclic) bond motifs is 1. The molecule has 94 valence electrons. The van der Waals surface area contributed by atoms with Crippen molar-refractivity contribution in [3.05, 3.63) is 29.8 Å². The summed E-state index contributed by atoms with van der Waals surface area (Å²) in [4.78, 5) is 17.1. The first kappa shape index (κ1) is 15.4. The van der Waals surface area contributed by atoms with Crippen LogP contribution >= 0.6 is 0 Å². The molecule has 0 unspecified atom stereocenters. The molecular formula is C14H22N2O. The molecule has 0 bridgehead atoms. The maximum Gasteiger partial charge on any atom is 0.248 e. The van der Waals surface area contributed by atoms with Crippen LogP contribution in [0.3, 0.4) is 0 Å². The second kappa shape index (κ2) is 8.50. The molecule has 1 aromatic carbocycles. The number of para-hydroxylation sites is 1. The number of carbonyl (C=O) groups excluding carboxylic acids is 1. The SMILES string of the molecule is CC.CC.CN1C(=O)CN=Cc2ccccc21. The fourth-order valence-electron chi connectivity index (χ4n) is 1.36. The van der Waals surface area contributed by atoms with Gasteiger partial charge in [0.15, 0.2) is 0 Å². The molecular weight excluding hydrogens is 212 g/mol. The second-order valence-corrected chi connectivity index (χ2v) is 2.98.